The van der Waals surface area contributed by atoms with E-state index in [1.807, 2.05) is 6.07 Å². The van der Waals surface area contributed by atoms with Crippen molar-refractivity contribution in [3.8, 4) is 5.75 Å². The molecule has 1 N–H and O–H groups in total. The summed E-state index contributed by atoms with van der Waals surface area (Å²) in [6.45, 7) is 7.01. The molecule has 1 atom stereocenters. The van der Waals surface area contributed by atoms with Gasteiger partial charge in [-0.25, -0.2) is 0 Å². The van der Waals surface area contributed by atoms with E-state index < -0.39 is 5.97 Å². The number of carboxylic acids is 1. The lowest BCUT2D eigenvalue weighted by molar-refractivity contribution is -0.141. The van der Waals surface area contributed by atoms with Crippen molar-refractivity contribution in [1.29, 1.82) is 0 Å². The first-order valence-electron chi connectivity index (χ1n) is 7.30. The van der Waals surface area contributed by atoms with Crippen LogP contribution < -0.4 is 4.74 Å². The lowest BCUT2D eigenvalue weighted by atomic mass is 10.1. The second kappa shape index (κ2) is 6.75. The Bertz CT molecular complexity index is 473. The lowest BCUT2D eigenvalue weighted by Crippen LogP contribution is -2.33. The van der Waals surface area contributed by atoms with Gasteiger partial charge in [-0.1, -0.05) is 26.0 Å². The second-order valence-corrected chi connectivity index (χ2v) is 5.42. The molecule has 1 aromatic rings. The minimum Gasteiger partial charge on any atom is -0.493 e. The van der Waals surface area contributed by atoms with Crippen LogP contribution in [0.4, 0.5) is 0 Å². The molecule has 0 fully saturated rings. The van der Waals surface area contributed by atoms with Crippen molar-refractivity contribution in [2.75, 3.05) is 26.2 Å². The van der Waals surface area contributed by atoms with Crippen molar-refractivity contribution in [3.63, 3.8) is 0 Å². The van der Waals surface area contributed by atoms with Gasteiger partial charge in [0.05, 0.1) is 12.5 Å². The molecular weight excluding hydrogens is 254 g/mol. The second-order valence-electron chi connectivity index (χ2n) is 5.42. The van der Waals surface area contributed by atoms with Gasteiger partial charge in [0.15, 0.2) is 0 Å². The van der Waals surface area contributed by atoms with Gasteiger partial charge in [0.2, 0.25) is 0 Å². The molecule has 1 aliphatic heterocycles. The predicted molar refractivity (Wildman–Crippen MR) is 78.3 cm³/mol. The number of likely N-dealkylation sites (N-methyl/N-ethyl adjacent to an activating group) is 1. The van der Waals surface area contributed by atoms with Crippen molar-refractivity contribution in [2.24, 2.45) is 5.92 Å². The Morgan fingerprint density at radius 1 is 1.50 bits per heavy atom. The van der Waals surface area contributed by atoms with Gasteiger partial charge in [0.25, 0.3) is 0 Å². The highest BCUT2D eigenvalue weighted by Gasteiger charge is 2.16. The Balaban J connectivity index is 1.88. The van der Waals surface area contributed by atoms with Gasteiger partial charge in [-0.3, -0.25) is 4.79 Å². The van der Waals surface area contributed by atoms with Crippen LogP contribution in [-0.4, -0.2) is 42.2 Å². The number of hydrogen-bond donors (Lipinski definition) is 1. The predicted octanol–water partition coefficient (Wildman–Crippen LogP) is 2.21. The van der Waals surface area contributed by atoms with Crippen LogP contribution in [0.25, 0.3) is 0 Å². The van der Waals surface area contributed by atoms with Crippen LogP contribution in [0.3, 0.4) is 0 Å². The molecule has 2 rings (SSSR count). The van der Waals surface area contributed by atoms with E-state index in [1.54, 1.807) is 6.92 Å². The fourth-order valence-corrected chi connectivity index (χ4v) is 2.53. The molecular formula is C16H23NO3. The molecule has 20 heavy (non-hydrogen) atoms. The van der Waals surface area contributed by atoms with Crippen molar-refractivity contribution in [2.45, 2.75) is 26.7 Å². The summed E-state index contributed by atoms with van der Waals surface area (Å²) in [5, 5.41) is 8.98. The summed E-state index contributed by atoms with van der Waals surface area (Å²) in [5.41, 5.74) is 2.60. The maximum absolute atomic E-state index is 10.9. The summed E-state index contributed by atoms with van der Waals surface area (Å²) < 4.78 is 5.50. The molecule has 0 amide bonds. The van der Waals surface area contributed by atoms with E-state index in [1.165, 1.54) is 11.1 Å². The van der Waals surface area contributed by atoms with E-state index in [0.29, 0.717) is 6.54 Å². The molecule has 1 heterocycles. The number of aliphatic carboxylic acids is 1. The van der Waals surface area contributed by atoms with Crippen LogP contribution in [0.5, 0.6) is 5.75 Å². The smallest absolute Gasteiger partial charge is 0.307 e. The fraction of sp³-hybridized carbons (Fsp3) is 0.562. The minimum atomic E-state index is -0.724. The number of hydrogen-bond acceptors (Lipinski definition) is 3. The van der Waals surface area contributed by atoms with Gasteiger partial charge in [0, 0.05) is 19.5 Å². The SMILES string of the molecule is CCN(CCc1ccc2c(c1)CCO2)CC(C)C(=O)O. The zero-order valence-electron chi connectivity index (χ0n) is 12.3. The fourth-order valence-electron chi connectivity index (χ4n) is 2.53. The first-order valence-corrected chi connectivity index (χ1v) is 7.30. The third kappa shape index (κ3) is 3.73. The quantitative estimate of drug-likeness (QED) is 0.830. The Labute approximate surface area is 120 Å². The number of carboxylic acid groups (broad SMARTS) is 1. The van der Waals surface area contributed by atoms with Crippen molar-refractivity contribution < 1.29 is 14.6 Å². The molecule has 4 heteroatoms. The first-order chi connectivity index (χ1) is 9.60. The van der Waals surface area contributed by atoms with Crippen LogP contribution in [0.1, 0.15) is 25.0 Å². The summed E-state index contributed by atoms with van der Waals surface area (Å²) in [7, 11) is 0. The number of fused-ring (bicyclic) bond motifs is 1. The average molecular weight is 277 g/mol. The average Bonchev–Trinajstić information content (AvgIpc) is 2.90. The zero-order chi connectivity index (χ0) is 14.5. The lowest BCUT2D eigenvalue weighted by Gasteiger charge is -2.22. The zero-order valence-corrected chi connectivity index (χ0v) is 12.3. The van der Waals surface area contributed by atoms with Gasteiger partial charge in [0.1, 0.15) is 5.75 Å². The van der Waals surface area contributed by atoms with E-state index in [9.17, 15) is 4.79 Å². The molecule has 0 radical (unpaired) electrons. The Morgan fingerprint density at radius 2 is 2.30 bits per heavy atom. The number of ether oxygens (including phenoxy) is 1. The standard InChI is InChI=1S/C16H23NO3/c1-3-17(11-12(2)16(18)19)8-6-13-4-5-15-14(10-13)7-9-20-15/h4-5,10,12H,3,6-9,11H2,1-2H3,(H,18,19). The summed E-state index contributed by atoms with van der Waals surface area (Å²) in [4.78, 5) is 13.1. The van der Waals surface area contributed by atoms with Crippen LogP contribution in [0, 0.1) is 5.92 Å². The molecule has 1 aliphatic rings. The monoisotopic (exact) mass is 277 g/mol. The van der Waals surface area contributed by atoms with E-state index >= 15 is 0 Å². The van der Waals surface area contributed by atoms with Gasteiger partial charge in [-0.15, -0.1) is 0 Å². The van der Waals surface area contributed by atoms with Crippen LogP contribution in [-0.2, 0) is 17.6 Å². The maximum atomic E-state index is 10.9. The van der Waals surface area contributed by atoms with Crippen LogP contribution in [0.15, 0.2) is 18.2 Å². The number of rotatable bonds is 7. The van der Waals surface area contributed by atoms with Gasteiger partial charge in [-0.2, -0.15) is 0 Å². The number of carbonyl (C=O) groups is 1. The summed E-state index contributed by atoms with van der Waals surface area (Å²) in [6.07, 6.45) is 1.95. The van der Waals surface area contributed by atoms with Crippen molar-refractivity contribution in [3.05, 3.63) is 29.3 Å². The molecule has 110 valence electrons. The molecule has 0 saturated heterocycles. The molecule has 1 aromatic carbocycles. The first kappa shape index (κ1) is 14.9. The van der Waals surface area contributed by atoms with E-state index in [0.717, 1.165) is 38.3 Å². The van der Waals surface area contributed by atoms with E-state index in [4.69, 9.17) is 9.84 Å². The molecule has 0 saturated carbocycles. The molecule has 0 bridgehead atoms. The largest absolute Gasteiger partial charge is 0.493 e. The minimum absolute atomic E-state index is 0.316. The highest BCUT2D eigenvalue weighted by Crippen LogP contribution is 2.26. The van der Waals surface area contributed by atoms with Crippen LogP contribution in [0.2, 0.25) is 0 Å². The Hall–Kier alpha value is -1.55. The summed E-state index contributed by atoms with van der Waals surface area (Å²) >= 11 is 0. The normalized spacial score (nSPS) is 14.9. The number of benzene rings is 1. The van der Waals surface area contributed by atoms with Crippen molar-refractivity contribution >= 4 is 5.97 Å². The highest BCUT2D eigenvalue weighted by atomic mass is 16.5. The van der Waals surface area contributed by atoms with Gasteiger partial charge < -0.3 is 14.7 Å². The van der Waals surface area contributed by atoms with Crippen LogP contribution >= 0.6 is 0 Å². The van der Waals surface area contributed by atoms with Crippen molar-refractivity contribution in [1.82, 2.24) is 4.90 Å². The molecule has 0 aliphatic carbocycles. The summed E-state index contributed by atoms with van der Waals surface area (Å²) in [6, 6.07) is 6.38. The summed E-state index contributed by atoms with van der Waals surface area (Å²) in [5.74, 6) is -0.0258. The number of nitrogens with zero attached hydrogens (tertiary/aromatic N) is 1. The topological polar surface area (TPSA) is 49.8 Å². The third-order valence-electron chi connectivity index (χ3n) is 3.87. The van der Waals surface area contributed by atoms with E-state index in [2.05, 4.69) is 24.0 Å². The third-order valence-corrected chi connectivity index (χ3v) is 3.87. The van der Waals surface area contributed by atoms with E-state index in [-0.39, 0.29) is 5.92 Å². The molecule has 0 aromatic heterocycles. The molecule has 0 spiro atoms. The molecule has 1 unspecified atom stereocenters. The van der Waals surface area contributed by atoms with Gasteiger partial charge in [-0.05, 0) is 30.2 Å². The Morgan fingerprint density at radius 3 is 3.00 bits per heavy atom. The Kier molecular flexibility index (Phi) is 5.01. The molecule has 4 nitrogen and oxygen atoms in total. The van der Waals surface area contributed by atoms with Gasteiger partial charge >= 0.3 is 5.97 Å². The highest BCUT2D eigenvalue weighted by molar-refractivity contribution is 5.69. The maximum Gasteiger partial charge on any atom is 0.307 e.